The van der Waals surface area contributed by atoms with E-state index >= 15 is 0 Å². The van der Waals surface area contributed by atoms with E-state index in [-0.39, 0.29) is 11.9 Å². The molecule has 2 N–H and O–H groups in total. The maximum Gasteiger partial charge on any atom is 0.278 e. The van der Waals surface area contributed by atoms with E-state index in [4.69, 9.17) is 5.73 Å². The zero-order chi connectivity index (χ0) is 14.3. The van der Waals surface area contributed by atoms with Gasteiger partial charge in [-0.15, -0.1) is 0 Å². The highest BCUT2D eigenvalue weighted by Gasteiger charge is 2.32. The minimum Gasteiger partial charge on any atom is -0.399 e. The van der Waals surface area contributed by atoms with Crippen LogP contribution >= 0.6 is 15.9 Å². The van der Waals surface area contributed by atoms with Crippen molar-refractivity contribution in [3.8, 4) is 0 Å². The summed E-state index contributed by atoms with van der Waals surface area (Å²) >= 11 is 3.39. The number of fused-ring (bicyclic) bond motifs is 1. The number of rotatable bonds is 1. The van der Waals surface area contributed by atoms with Crippen molar-refractivity contribution < 1.29 is 4.79 Å². The third-order valence-electron chi connectivity index (χ3n) is 3.50. The van der Waals surface area contributed by atoms with Gasteiger partial charge in [-0.3, -0.25) is 4.79 Å². The summed E-state index contributed by atoms with van der Waals surface area (Å²) < 4.78 is 0.709. The van der Waals surface area contributed by atoms with Crippen LogP contribution in [0.1, 0.15) is 23.0 Å². The SMILES string of the molecule is CC1Cc2cc(N)ccc2N1C(=O)c1ncccc1Br. The van der Waals surface area contributed by atoms with E-state index in [0.717, 1.165) is 23.4 Å². The van der Waals surface area contributed by atoms with Crippen LogP contribution in [0.25, 0.3) is 0 Å². The van der Waals surface area contributed by atoms with E-state index in [1.807, 2.05) is 31.2 Å². The third kappa shape index (κ3) is 2.08. The molecule has 1 aromatic heterocycles. The number of carbonyl (C=O) groups excluding carboxylic acids is 1. The van der Waals surface area contributed by atoms with Gasteiger partial charge in [0, 0.05) is 28.1 Å². The fraction of sp³-hybridized carbons (Fsp3) is 0.200. The first-order valence-corrected chi connectivity index (χ1v) is 7.19. The Morgan fingerprint density at radius 3 is 3.00 bits per heavy atom. The van der Waals surface area contributed by atoms with Gasteiger partial charge in [0.05, 0.1) is 0 Å². The van der Waals surface area contributed by atoms with Gasteiger partial charge in [-0.05, 0) is 65.2 Å². The molecule has 4 nitrogen and oxygen atoms in total. The Morgan fingerprint density at radius 2 is 2.25 bits per heavy atom. The van der Waals surface area contributed by atoms with Gasteiger partial charge in [0.1, 0.15) is 5.69 Å². The lowest BCUT2D eigenvalue weighted by Crippen LogP contribution is -2.36. The number of nitrogen functional groups attached to an aromatic ring is 1. The first kappa shape index (κ1) is 13.1. The molecule has 2 heterocycles. The second kappa shape index (κ2) is 4.90. The first-order valence-electron chi connectivity index (χ1n) is 6.40. The summed E-state index contributed by atoms with van der Waals surface area (Å²) in [6, 6.07) is 9.39. The number of hydrogen-bond acceptors (Lipinski definition) is 3. The van der Waals surface area contributed by atoms with Gasteiger partial charge >= 0.3 is 0 Å². The second-order valence-electron chi connectivity index (χ2n) is 4.95. The van der Waals surface area contributed by atoms with Crippen molar-refractivity contribution in [2.45, 2.75) is 19.4 Å². The van der Waals surface area contributed by atoms with E-state index in [1.54, 1.807) is 17.2 Å². The van der Waals surface area contributed by atoms with Crippen LogP contribution in [0.4, 0.5) is 11.4 Å². The van der Waals surface area contributed by atoms with Gasteiger partial charge in [0.2, 0.25) is 0 Å². The molecule has 1 aliphatic heterocycles. The summed E-state index contributed by atoms with van der Waals surface area (Å²) in [6.07, 6.45) is 2.44. The van der Waals surface area contributed by atoms with E-state index < -0.39 is 0 Å². The lowest BCUT2D eigenvalue weighted by molar-refractivity contribution is 0.0976. The van der Waals surface area contributed by atoms with Gasteiger partial charge in [0.25, 0.3) is 5.91 Å². The normalized spacial score (nSPS) is 17.1. The number of benzene rings is 1. The fourth-order valence-electron chi connectivity index (χ4n) is 2.62. The maximum absolute atomic E-state index is 12.7. The van der Waals surface area contributed by atoms with Crippen molar-refractivity contribution in [3.63, 3.8) is 0 Å². The zero-order valence-corrected chi connectivity index (χ0v) is 12.6. The molecule has 5 heteroatoms. The average Bonchev–Trinajstić information content (AvgIpc) is 2.73. The Balaban J connectivity index is 2.04. The molecule has 0 saturated carbocycles. The molecular weight excluding hydrogens is 318 g/mol. The number of carbonyl (C=O) groups is 1. The molecule has 0 radical (unpaired) electrons. The van der Waals surface area contributed by atoms with Crippen molar-refractivity contribution in [2.24, 2.45) is 0 Å². The smallest absolute Gasteiger partial charge is 0.278 e. The highest BCUT2D eigenvalue weighted by Crippen LogP contribution is 2.35. The maximum atomic E-state index is 12.7. The summed E-state index contributed by atoms with van der Waals surface area (Å²) in [4.78, 5) is 18.7. The molecule has 0 saturated heterocycles. The van der Waals surface area contributed by atoms with Crippen molar-refractivity contribution in [3.05, 3.63) is 52.3 Å². The van der Waals surface area contributed by atoms with Gasteiger partial charge in [-0.25, -0.2) is 4.98 Å². The Kier molecular flexibility index (Phi) is 3.22. The lowest BCUT2D eigenvalue weighted by Gasteiger charge is -2.22. The van der Waals surface area contributed by atoms with E-state index in [1.165, 1.54) is 0 Å². The van der Waals surface area contributed by atoms with Crippen molar-refractivity contribution in [1.29, 1.82) is 0 Å². The number of pyridine rings is 1. The van der Waals surface area contributed by atoms with Crippen LogP contribution in [0.5, 0.6) is 0 Å². The monoisotopic (exact) mass is 331 g/mol. The van der Waals surface area contributed by atoms with Gasteiger partial charge in [0.15, 0.2) is 0 Å². The Hall–Kier alpha value is -1.88. The first-order chi connectivity index (χ1) is 9.58. The van der Waals surface area contributed by atoms with Crippen molar-refractivity contribution >= 4 is 33.2 Å². The number of hydrogen-bond donors (Lipinski definition) is 1. The van der Waals surface area contributed by atoms with Crippen LogP contribution in [0.15, 0.2) is 41.0 Å². The lowest BCUT2D eigenvalue weighted by atomic mass is 10.1. The molecule has 1 aromatic carbocycles. The summed E-state index contributed by atoms with van der Waals surface area (Å²) in [5.74, 6) is -0.0894. The molecule has 1 unspecified atom stereocenters. The molecule has 0 spiro atoms. The quantitative estimate of drug-likeness (QED) is 0.817. The summed E-state index contributed by atoms with van der Waals surface area (Å²) in [5.41, 5.74) is 9.00. The largest absolute Gasteiger partial charge is 0.399 e. The van der Waals surface area contributed by atoms with E-state index in [0.29, 0.717) is 10.2 Å². The minimum absolute atomic E-state index is 0.0894. The molecule has 0 fully saturated rings. The Labute approximate surface area is 125 Å². The average molecular weight is 332 g/mol. The van der Waals surface area contributed by atoms with Crippen LogP contribution in [0.2, 0.25) is 0 Å². The van der Waals surface area contributed by atoms with E-state index in [9.17, 15) is 4.79 Å². The van der Waals surface area contributed by atoms with E-state index in [2.05, 4.69) is 20.9 Å². The molecule has 0 aliphatic carbocycles. The zero-order valence-electron chi connectivity index (χ0n) is 11.0. The van der Waals surface area contributed by atoms with Gasteiger partial charge in [-0.2, -0.15) is 0 Å². The molecule has 3 rings (SSSR count). The highest BCUT2D eigenvalue weighted by atomic mass is 79.9. The number of halogens is 1. The summed E-state index contributed by atoms with van der Waals surface area (Å²) in [5, 5.41) is 0. The van der Waals surface area contributed by atoms with Crippen LogP contribution in [-0.2, 0) is 6.42 Å². The minimum atomic E-state index is -0.0894. The summed E-state index contributed by atoms with van der Waals surface area (Å²) in [7, 11) is 0. The molecule has 1 atom stereocenters. The fourth-order valence-corrected chi connectivity index (χ4v) is 3.04. The molecule has 102 valence electrons. The van der Waals surface area contributed by atoms with Crippen LogP contribution < -0.4 is 10.6 Å². The van der Waals surface area contributed by atoms with Gasteiger partial charge in [-0.1, -0.05) is 0 Å². The van der Waals surface area contributed by atoms with Gasteiger partial charge < -0.3 is 10.6 Å². The number of aromatic nitrogens is 1. The predicted molar refractivity (Wildman–Crippen MR) is 82.8 cm³/mol. The summed E-state index contributed by atoms with van der Waals surface area (Å²) in [6.45, 7) is 2.03. The second-order valence-corrected chi connectivity index (χ2v) is 5.80. The Bertz CT molecular complexity index is 687. The molecule has 2 aromatic rings. The number of amides is 1. The van der Waals surface area contributed by atoms with Crippen LogP contribution in [-0.4, -0.2) is 16.9 Å². The molecule has 20 heavy (non-hydrogen) atoms. The number of nitrogens with zero attached hydrogens (tertiary/aromatic N) is 2. The van der Waals surface area contributed by atoms with Crippen molar-refractivity contribution in [1.82, 2.24) is 4.98 Å². The molecule has 1 amide bonds. The topological polar surface area (TPSA) is 59.2 Å². The molecule has 1 aliphatic rings. The predicted octanol–water partition coefficient (Wildman–Crippen LogP) is 3.02. The van der Waals surface area contributed by atoms with Crippen molar-refractivity contribution in [2.75, 3.05) is 10.6 Å². The molecular formula is C15H14BrN3O. The molecule has 0 bridgehead atoms. The third-order valence-corrected chi connectivity index (χ3v) is 4.14. The Morgan fingerprint density at radius 1 is 1.45 bits per heavy atom. The standard InChI is InChI=1S/C15H14BrN3O/c1-9-7-10-8-11(17)4-5-13(10)19(9)15(20)14-12(16)3-2-6-18-14/h2-6,8-9H,7,17H2,1H3. The number of anilines is 2. The van der Waals surface area contributed by atoms with Crippen LogP contribution in [0, 0.1) is 0 Å². The highest BCUT2D eigenvalue weighted by molar-refractivity contribution is 9.10. The van der Waals surface area contributed by atoms with Crippen LogP contribution in [0.3, 0.4) is 0 Å². The number of nitrogens with two attached hydrogens (primary N) is 1.